The summed E-state index contributed by atoms with van der Waals surface area (Å²) in [6.07, 6.45) is 7.52. The predicted molar refractivity (Wildman–Crippen MR) is 128 cm³/mol. The maximum Gasteiger partial charge on any atom is 0.247 e. The number of piperidine rings is 1. The molecule has 2 amide bonds. The molecule has 4 rings (SSSR count). The van der Waals surface area contributed by atoms with E-state index in [0.717, 1.165) is 46.7 Å². The molecule has 170 valence electrons. The van der Waals surface area contributed by atoms with Gasteiger partial charge in [0.25, 0.3) is 0 Å². The van der Waals surface area contributed by atoms with Gasteiger partial charge in [-0.2, -0.15) is 5.10 Å². The quantitative estimate of drug-likeness (QED) is 0.587. The van der Waals surface area contributed by atoms with Gasteiger partial charge in [0.1, 0.15) is 17.5 Å². The molecule has 0 radical (unpaired) electrons. The van der Waals surface area contributed by atoms with Crippen LogP contribution in [0.5, 0.6) is 5.75 Å². The van der Waals surface area contributed by atoms with E-state index in [1.807, 2.05) is 61.7 Å². The van der Waals surface area contributed by atoms with Gasteiger partial charge in [-0.25, -0.2) is 4.68 Å². The Hall–Kier alpha value is -3.87. The lowest BCUT2D eigenvalue weighted by Gasteiger charge is -2.32. The lowest BCUT2D eigenvalue weighted by molar-refractivity contribution is -0.137. The number of benzene rings is 2. The first kappa shape index (κ1) is 22.3. The molecule has 1 saturated heterocycles. The topological polar surface area (TPSA) is 90.5 Å². The zero-order valence-corrected chi connectivity index (χ0v) is 18.9. The van der Waals surface area contributed by atoms with Gasteiger partial charge in [-0.15, -0.1) is 0 Å². The summed E-state index contributed by atoms with van der Waals surface area (Å²) >= 11 is 0. The van der Waals surface area contributed by atoms with Gasteiger partial charge in [0, 0.05) is 29.9 Å². The largest absolute Gasteiger partial charge is 0.497 e. The van der Waals surface area contributed by atoms with Crippen LogP contribution in [0.1, 0.15) is 30.4 Å². The van der Waals surface area contributed by atoms with Crippen LogP contribution in [0.4, 0.5) is 0 Å². The molecular weight excluding hydrogens is 416 g/mol. The molecule has 2 N–H and O–H groups in total. The van der Waals surface area contributed by atoms with Crippen LogP contribution in [0, 0.1) is 6.92 Å². The summed E-state index contributed by atoms with van der Waals surface area (Å²) in [5.41, 5.74) is 9.96. The molecule has 1 aromatic heterocycles. The summed E-state index contributed by atoms with van der Waals surface area (Å²) in [6.45, 7) is 2.56. The van der Waals surface area contributed by atoms with Crippen LogP contribution < -0.4 is 10.5 Å². The van der Waals surface area contributed by atoms with E-state index < -0.39 is 11.9 Å². The third-order valence-electron chi connectivity index (χ3n) is 5.87. The summed E-state index contributed by atoms with van der Waals surface area (Å²) in [5.74, 6) is 0.0420. The fourth-order valence-corrected chi connectivity index (χ4v) is 4.15. The number of carbonyl (C=O) groups is 2. The first-order chi connectivity index (χ1) is 16.0. The van der Waals surface area contributed by atoms with Crippen molar-refractivity contribution in [1.82, 2.24) is 14.7 Å². The third-order valence-corrected chi connectivity index (χ3v) is 5.87. The summed E-state index contributed by atoms with van der Waals surface area (Å²) in [7, 11) is 1.62. The van der Waals surface area contributed by atoms with E-state index in [2.05, 4.69) is 0 Å². The first-order valence-electron chi connectivity index (χ1n) is 11.1. The molecule has 7 nitrogen and oxygen atoms in total. The number of carbonyl (C=O) groups excluding carboxylic acids is 2. The van der Waals surface area contributed by atoms with Crippen molar-refractivity contribution < 1.29 is 14.3 Å². The molecule has 7 heteroatoms. The number of aromatic nitrogens is 2. The summed E-state index contributed by atoms with van der Waals surface area (Å²) < 4.78 is 7.18. The first-order valence-corrected chi connectivity index (χ1v) is 11.1. The second-order valence-corrected chi connectivity index (χ2v) is 8.23. The minimum atomic E-state index is -0.552. The van der Waals surface area contributed by atoms with E-state index >= 15 is 0 Å². The van der Waals surface area contributed by atoms with Crippen LogP contribution in [0.25, 0.3) is 23.0 Å². The maximum absolute atomic E-state index is 12.9. The van der Waals surface area contributed by atoms with Crippen molar-refractivity contribution in [3.8, 4) is 22.7 Å². The molecule has 3 aromatic rings. The molecule has 33 heavy (non-hydrogen) atoms. The van der Waals surface area contributed by atoms with E-state index in [1.165, 1.54) is 6.08 Å². The van der Waals surface area contributed by atoms with Crippen molar-refractivity contribution in [1.29, 1.82) is 0 Å². The van der Waals surface area contributed by atoms with E-state index in [-0.39, 0.29) is 5.91 Å². The number of nitrogens with zero attached hydrogens (tertiary/aromatic N) is 3. The Morgan fingerprint density at radius 2 is 1.97 bits per heavy atom. The highest BCUT2D eigenvalue weighted by atomic mass is 16.5. The molecule has 1 atom stereocenters. The number of amides is 2. The van der Waals surface area contributed by atoms with Gasteiger partial charge < -0.3 is 15.4 Å². The highest BCUT2D eigenvalue weighted by molar-refractivity contribution is 5.96. The highest BCUT2D eigenvalue weighted by Gasteiger charge is 2.29. The Bertz CT molecular complexity index is 1200. The van der Waals surface area contributed by atoms with Gasteiger partial charge in [0.2, 0.25) is 11.8 Å². The molecule has 2 aromatic carbocycles. The molecular formula is C26H28N4O3. The minimum absolute atomic E-state index is 0.224. The summed E-state index contributed by atoms with van der Waals surface area (Å²) in [5, 5.41) is 4.81. The van der Waals surface area contributed by atoms with Crippen LogP contribution >= 0.6 is 0 Å². The van der Waals surface area contributed by atoms with E-state index in [1.54, 1.807) is 22.8 Å². The number of primary amides is 1. The van der Waals surface area contributed by atoms with Gasteiger partial charge in [-0.05, 0) is 62.1 Å². The number of rotatable bonds is 6. The molecule has 1 aliphatic rings. The Balaban J connectivity index is 1.71. The van der Waals surface area contributed by atoms with Crippen LogP contribution in [0.2, 0.25) is 0 Å². The number of aryl methyl sites for hydroxylation is 1. The SMILES string of the molecule is COc1cccc(-c2nn(-c3cccc(C)c3)cc2/C=C/C(=O)N2CCCCC2C(N)=O)c1. The number of methoxy groups -OCH3 is 1. The van der Waals surface area contributed by atoms with E-state index in [4.69, 9.17) is 15.6 Å². The molecule has 0 aliphatic carbocycles. The van der Waals surface area contributed by atoms with Gasteiger partial charge in [-0.1, -0.05) is 24.3 Å². The van der Waals surface area contributed by atoms with Crippen molar-refractivity contribution in [2.24, 2.45) is 5.73 Å². The zero-order valence-electron chi connectivity index (χ0n) is 18.9. The molecule has 1 unspecified atom stereocenters. The predicted octanol–water partition coefficient (Wildman–Crippen LogP) is 3.74. The average Bonchev–Trinajstić information content (AvgIpc) is 3.27. The van der Waals surface area contributed by atoms with Crippen molar-refractivity contribution in [3.05, 3.63) is 71.9 Å². The lowest BCUT2D eigenvalue weighted by Crippen LogP contribution is -2.49. The van der Waals surface area contributed by atoms with Crippen LogP contribution in [-0.4, -0.2) is 46.2 Å². The Morgan fingerprint density at radius 1 is 1.15 bits per heavy atom. The van der Waals surface area contributed by atoms with Crippen molar-refractivity contribution >= 4 is 17.9 Å². The minimum Gasteiger partial charge on any atom is -0.497 e. The number of likely N-dealkylation sites (tertiary alicyclic amines) is 1. The highest BCUT2D eigenvalue weighted by Crippen LogP contribution is 2.28. The lowest BCUT2D eigenvalue weighted by atomic mass is 10.0. The van der Waals surface area contributed by atoms with Crippen molar-refractivity contribution in [2.75, 3.05) is 13.7 Å². The van der Waals surface area contributed by atoms with Gasteiger partial charge >= 0.3 is 0 Å². The summed E-state index contributed by atoms with van der Waals surface area (Å²) in [6, 6.07) is 15.1. The number of hydrogen-bond donors (Lipinski definition) is 1. The second-order valence-electron chi connectivity index (χ2n) is 8.23. The monoisotopic (exact) mass is 444 g/mol. The van der Waals surface area contributed by atoms with Gasteiger partial charge in [0.15, 0.2) is 0 Å². The number of hydrogen-bond acceptors (Lipinski definition) is 4. The van der Waals surface area contributed by atoms with Crippen molar-refractivity contribution in [2.45, 2.75) is 32.2 Å². The number of nitrogens with two attached hydrogens (primary N) is 1. The second kappa shape index (κ2) is 9.73. The van der Waals surface area contributed by atoms with Crippen LogP contribution in [-0.2, 0) is 9.59 Å². The average molecular weight is 445 g/mol. The molecule has 0 spiro atoms. The fourth-order valence-electron chi connectivity index (χ4n) is 4.15. The Morgan fingerprint density at radius 3 is 2.73 bits per heavy atom. The molecule has 0 bridgehead atoms. The van der Waals surface area contributed by atoms with Crippen LogP contribution in [0.15, 0.2) is 60.8 Å². The Labute approximate surface area is 193 Å². The third kappa shape index (κ3) is 4.98. The van der Waals surface area contributed by atoms with E-state index in [0.29, 0.717) is 13.0 Å². The van der Waals surface area contributed by atoms with Crippen LogP contribution in [0.3, 0.4) is 0 Å². The summed E-state index contributed by atoms with van der Waals surface area (Å²) in [4.78, 5) is 26.3. The Kier molecular flexibility index (Phi) is 6.58. The van der Waals surface area contributed by atoms with Gasteiger partial charge in [-0.3, -0.25) is 9.59 Å². The van der Waals surface area contributed by atoms with E-state index in [9.17, 15) is 9.59 Å². The normalized spacial score (nSPS) is 16.2. The molecule has 2 heterocycles. The van der Waals surface area contributed by atoms with Crippen molar-refractivity contribution in [3.63, 3.8) is 0 Å². The standard InChI is InChI=1S/C26H28N4O3/c1-18-7-5-9-21(15-18)30-17-20(25(28-30)19-8-6-10-22(16-19)33-2)12-13-24(31)29-14-4-3-11-23(29)26(27)32/h5-10,12-13,15-17,23H,3-4,11,14H2,1-2H3,(H2,27,32)/b13-12+. The fraction of sp³-hybridized carbons (Fsp3) is 0.269. The molecule has 0 saturated carbocycles. The molecule has 1 aliphatic heterocycles. The van der Waals surface area contributed by atoms with Gasteiger partial charge in [0.05, 0.1) is 12.8 Å². The number of ether oxygens (including phenoxy) is 1. The zero-order chi connectivity index (χ0) is 23.4. The maximum atomic E-state index is 12.9. The smallest absolute Gasteiger partial charge is 0.247 e. The molecule has 1 fully saturated rings.